The molecule has 1 aliphatic heterocycles. The summed E-state index contributed by atoms with van der Waals surface area (Å²) in [6, 6.07) is 0.349. The molecule has 9 atom stereocenters. The van der Waals surface area contributed by atoms with Gasteiger partial charge in [0.05, 0.1) is 11.7 Å². The lowest BCUT2D eigenvalue weighted by atomic mass is 9.44. The molecule has 4 nitrogen and oxygen atoms in total. The molecule has 4 heteroatoms. The highest BCUT2D eigenvalue weighted by Crippen LogP contribution is 2.68. The molecule has 0 amide bonds. The third-order valence-electron chi connectivity index (χ3n) is 10.9. The smallest absolute Gasteiger partial charge is 0.0698 e. The molecule has 5 rings (SSSR count). The van der Waals surface area contributed by atoms with Gasteiger partial charge >= 0.3 is 0 Å². The van der Waals surface area contributed by atoms with Crippen molar-refractivity contribution in [3.8, 4) is 0 Å². The Bertz CT molecular complexity index is 603. The molecule has 0 bridgehead atoms. The molecule has 28 heavy (non-hydrogen) atoms. The molecule has 1 saturated heterocycles. The summed E-state index contributed by atoms with van der Waals surface area (Å²) in [4.78, 5) is 2.58. The summed E-state index contributed by atoms with van der Waals surface area (Å²) in [6.45, 7) is 11.4. The Labute approximate surface area is 171 Å². The zero-order valence-corrected chi connectivity index (χ0v) is 18.3. The van der Waals surface area contributed by atoms with Gasteiger partial charge in [-0.2, -0.15) is 0 Å². The van der Waals surface area contributed by atoms with Crippen LogP contribution in [0.2, 0.25) is 0 Å². The molecule has 4 saturated carbocycles. The van der Waals surface area contributed by atoms with Crippen molar-refractivity contribution in [3.05, 3.63) is 0 Å². The van der Waals surface area contributed by atoms with E-state index in [9.17, 15) is 10.2 Å². The van der Waals surface area contributed by atoms with Crippen LogP contribution >= 0.6 is 0 Å². The first kappa shape index (κ1) is 19.8. The van der Waals surface area contributed by atoms with Crippen molar-refractivity contribution in [1.29, 1.82) is 0 Å². The summed E-state index contributed by atoms with van der Waals surface area (Å²) < 4.78 is 0. The number of fused-ring (bicyclic) bond motifs is 5. The van der Waals surface area contributed by atoms with Gasteiger partial charge in [0.2, 0.25) is 0 Å². The zero-order valence-electron chi connectivity index (χ0n) is 18.3. The number of nitrogens with one attached hydrogen (secondary N) is 1. The van der Waals surface area contributed by atoms with Gasteiger partial charge in [0.25, 0.3) is 0 Å². The van der Waals surface area contributed by atoms with E-state index in [1.807, 2.05) is 0 Å². The van der Waals surface area contributed by atoms with Crippen LogP contribution in [0.1, 0.15) is 72.1 Å². The van der Waals surface area contributed by atoms with E-state index in [0.717, 1.165) is 50.9 Å². The molecule has 5 fully saturated rings. The molecular formula is C24H42N2O2. The van der Waals surface area contributed by atoms with Crippen LogP contribution in [-0.4, -0.2) is 59.0 Å². The van der Waals surface area contributed by atoms with Gasteiger partial charge in [-0.1, -0.05) is 13.8 Å². The van der Waals surface area contributed by atoms with E-state index in [1.54, 1.807) is 0 Å². The first-order valence-corrected chi connectivity index (χ1v) is 12.1. The van der Waals surface area contributed by atoms with Crippen LogP contribution in [0.25, 0.3) is 0 Å². The van der Waals surface area contributed by atoms with E-state index < -0.39 is 5.60 Å². The van der Waals surface area contributed by atoms with Gasteiger partial charge in [-0.3, -0.25) is 4.90 Å². The van der Waals surface area contributed by atoms with Gasteiger partial charge in [0.1, 0.15) is 0 Å². The fourth-order valence-electron chi connectivity index (χ4n) is 8.91. The molecular weight excluding hydrogens is 348 g/mol. The molecule has 4 aliphatic carbocycles. The molecule has 0 aromatic carbocycles. The maximum absolute atomic E-state index is 11.1. The molecule has 160 valence electrons. The quantitative estimate of drug-likeness (QED) is 0.644. The number of aliphatic hydroxyl groups excluding tert-OH is 1. The van der Waals surface area contributed by atoms with E-state index in [1.165, 1.54) is 38.5 Å². The highest BCUT2D eigenvalue weighted by atomic mass is 16.3. The lowest BCUT2D eigenvalue weighted by molar-refractivity contribution is -0.166. The largest absolute Gasteiger partial charge is 0.391 e. The van der Waals surface area contributed by atoms with E-state index >= 15 is 0 Å². The summed E-state index contributed by atoms with van der Waals surface area (Å²) in [5, 5.41) is 25.6. The first-order chi connectivity index (χ1) is 13.3. The van der Waals surface area contributed by atoms with Crippen LogP contribution in [0, 0.1) is 34.5 Å². The van der Waals surface area contributed by atoms with E-state index in [2.05, 4.69) is 31.0 Å². The van der Waals surface area contributed by atoms with Gasteiger partial charge in [-0.05, 0) is 92.8 Å². The van der Waals surface area contributed by atoms with Gasteiger partial charge < -0.3 is 15.5 Å². The van der Waals surface area contributed by atoms with Crippen LogP contribution in [-0.2, 0) is 0 Å². The summed E-state index contributed by atoms with van der Waals surface area (Å²) >= 11 is 0. The number of rotatable bonds is 1. The molecule has 3 N–H and O–H groups in total. The third-order valence-corrected chi connectivity index (χ3v) is 10.9. The monoisotopic (exact) mass is 390 g/mol. The Hall–Kier alpha value is -0.160. The van der Waals surface area contributed by atoms with Crippen LogP contribution in [0.4, 0.5) is 0 Å². The predicted octanol–water partition coefficient (Wildman–Crippen LogP) is 3.02. The van der Waals surface area contributed by atoms with Gasteiger partial charge in [-0.15, -0.1) is 0 Å². The first-order valence-electron chi connectivity index (χ1n) is 12.1. The molecule has 0 spiro atoms. The minimum atomic E-state index is -0.480. The van der Waals surface area contributed by atoms with Crippen molar-refractivity contribution in [2.24, 2.45) is 34.5 Å². The van der Waals surface area contributed by atoms with Crippen molar-refractivity contribution < 1.29 is 10.2 Å². The zero-order chi connectivity index (χ0) is 19.7. The SMILES string of the molecule is C[C@]12C[C@H](N3CCNCC3)[C@@H](O)CC1CC[C@@H]1[C@@H]2CC[C@@]2(C)[C@H]1CC[C@@]2(C)O. The highest BCUT2D eigenvalue weighted by Gasteiger charge is 2.64. The lowest BCUT2D eigenvalue weighted by Gasteiger charge is -2.63. The van der Waals surface area contributed by atoms with Gasteiger partial charge in [0.15, 0.2) is 0 Å². The van der Waals surface area contributed by atoms with Crippen molar-refractivity contribution in [2.45, 2.75) is 89.9 Å². The van der Waals surface area contributed by atoms with Crippen molar-refractivity contribution in [2.75, 3.05) is 26.2 Å². The number of piperazine rings is 1. The van der Waals surface area contributed by atoms with Gasteiger partial charge in [-0.25, -0.2) is 0 Å². The normalized spacial score (nSPS) is 57.3. The Balaban J connectivity index is 1.41. The fourth-order valence-corrected chi connectivity index (χ4v) is 8.91. The molecule has 1 unspecified atom stereocenters. The van der Waals surface area contributed by atoms with Crippen LogP contribution in [0.15, 0.2) is 0 Å². The van der Waals surface area contributed by atoms with E-state index in [4.69, 9.17) is 0 Å². The molecule has 5 aliphatic rings. The summed E-state index contributed by atoms with van der Waals surface area (Å²) in [7, 11) is 0. The van der Waals surface area contributed by atoms with Gasteiger partial charge in [0, 0.05) is 32.2 Å². The van der Waals surface area contributed by atoms with Crippen molar-refractivity contribution in [3.63, 3.8) is 0 Å². The minimum Gasteiger partial charge on any atom is -0.391 e. The second kappa shape index (κ2) is 6.67. The number of hydrogen-bond donors (Lipinski definition) is 3. The van der Waals surface area contributed by atoms with E-state index in [-0.39, 0.29) is 11.5 Å². The molecule has 0 radical (unpaired) electrons. The predicted molar refractivity (Wildman–Crippen MR) is 112 cm³/mol. The number of nitrogens with zero attached hydrogens (tertiary/aromatic N) is 1. The highest BCUT2D eigenvalue weighted by molar-refractivity contribution is 5.14. The maximum atomic E-state index is 11.1. The Morgan fingerprint density at radius 1 is 0.929 bits per heavy atom. The summed E-state index contributed by atoms with van der Waals surface area (Å²) in [5.41, 5.74) is 0.00341. The van der Waals surface area contributed by atoms with Crippen LogP contribution in [0.5, 0.6) is 0 Å². The topological polar surface area (TPSA) is 55.7 Å². The van der Waals surface area contributed by atoms with E-state index in [0.29, 0.717) is 23.3 Å². The molecule has 1 heterocycles. The fraction of sp³-hybridized carbons (Fsp3) is 1.00. The summed E-state index contributed by atoms with van der Waals surface area (Å²) in [5.74, 6) is 2.96. The molecule has 0 aromatic rings. The second-order valence-electron chi connectivity index (χ2n) is 11.8. The summed E-state index contributed by atoms with van der Waals surface area (Å²) in [6.07, 6.45) is 9.33. The van der Waals surface area contributed by atoms with Crippen LogP contribution in [0.3, 0.4) is 0 Å². The van der Waals surface area contributed by atoms with Crippen molar-refractivity contribution >= 4 is 0 Å². The Kier molecular flexibility index (Phi) is 4.71. The Morgan fingerprint density at radius 3 is 2.39 bits per heavy atom. The average molecular weight is 391 g/mol. The maximum Gasteiger partial charge on any atom is 0.0698 e. The van der Waals surface area contributed by atoms with Crippen LogP contribution < -0.4 is 5.32 Å². The minimum absolute atomic E-state index is 0.115. The number of hydrogen-bond acceptors (Lipinski definition) is 4. The average Bonchev–Trinajstić information content (AvgIpc) is 2.92. The molecule has 0 aromatic heterocycles. The lowest BCUT2D eigenvalue weighted by Crippen LogP contribution is -2.62. The third kappa shape index (κ3) is 2.70. The number of aliphatic hydroxyl groups is 2. The Morgan fingerprint density at radius 2 is 1.64 bits per heavy atom. The standard InChI is InChI=1S/C24H42N2O2/c1-22-15-20(26-12-10-25-11-13-26)21(27)14-16(22)4-5-17-18(22)6-8-23(2)19(17)7-9-24(23,3)28/h16-21,25,27-28H,4-15H2,1-3H3/t16?,17-,18+,19+,20+,21+,22+,23+,24-/m1/s1. The second-order valence-corrected chi connectivity index (χ2v) is 11.8. The van der Waals surface area contributed by atoms with Crippen molar-refractivity contribution in [1.82, 2.24) is 10.2 Å².